The van der Waals surface area contributed by atoms with Gasteiger partial charge in [0.1, 0.15) is 16.9 Å². The monoisotopic (exact) mass is 431 g/mol. The van der Waals surface area contributed by atoms with Gasteiger partial charge in [0.15, 0.2) is 0 Å². The number of amides is 2. The van der Waals surface area contributed by atoms with Gasteiger partial charge >= 0.3 is 6.03 Å². The second-order valence-corrected chi connectivity index (χ2v) is 8.81. The third-order valence-corrected chi connectivity index (χ3v) is 6.64. The average molecular weight is 432 g/mol. The molecule has 1 fully saturated rings. The second kappa shape index (κ2) is 8.69. The molecule has 2 aliphatic rings. The van der Waals surface area contributed by atoms with Crippen LogP contribution >= 0.6 is 0 Å². The van der Waals surface area contributed by atoms with E-state index in [4.69, 9.17) is 9.15 Å². The van der Waals surface area contributed by atoms with Gasteiger partial charge < -0.3 is 14.5 Å². The molecule has 0 radical (unpaired) electrons. The molecule has 1 saturated carbocycles. The average Bonchev–Trinajstić information content (AvgIpc) is 2.82. The Morgan fingerprint density at radius 3 is 2.66 bits per heavy atom. The largest absolute Gasteiger partial charge is 0.487 e. The van der Waals surface area contributed by atoms with Gasteiger partial charge in [-0.15, -0.1) is 5.10 Å². The lowest BCUT2D eigenvalue weighted by atomic mass is 9.79. The number of hydrogen-bond acceptors (Lipinski definition) is 4. The van der Waals surface area contributed by atoms with Crippen LogP contribution in [-0.4, -0.2) is 11.6 Å². The Kier molecular flexibility index (Phi) is 5.60. The molecule has 0 saturated heterocycles. The molecule has 1 aliphatic heterocycles. The summed E-state index contributed by atoms with van der Waals surface area (Å²) in [6.07, 6.45) is 9.05. The maximum absolute atomic E-state index is 12.2. The molecule has 0 atom stereocenters. The first-order chi connectivity index (χ1) is 15.6. The highest BCUT2D eigenvalue weighted by atomic mass is 16.5. The van der Waals surface area contributed by atoms with E-state index >= 15 is 0 Å². The lowest BCUT2D eigenvalue weighted by Gasteiger charge is -2.41. The molecule has 2 amide bonds. The van der Waals surface area contributed by atoms with Gasteiger partial charge in [0, 0.05) is 23.2 Å². The number of carbonyl (C=O) groups excluding carboxylic acids is 1. The zero-order chi connectivity index (χ0) is 22.0. The van der Waals surface area contributed by atoms with Gasteiger partial charge in [0.2, 0.25) is 5.55 Å². The Labute approximate surface area is 187 Å². The van der Waals surface area contributed by atoms with Crippen LogP contribution < -0.4 is 21.0 Å². The smallest absolute Gasteiger partial charge is 0.339 e. The van der Waals surface area contributed by atoms with Crippen molar-refractivity contribution in [1.82, 2.24) is 5.43 Å². The van der Waals surface area contributed by atoms with Gasteiger partial charge in [0.05, 0.1) is 0 Å². The summed E-state index contributed by atoms with van der Waals surface area (Å²) < 4.78 is 12.6. The molecule has 2 heterocycles. The first-order valence-corrected chi connectivity index (χ1v) is 11.6. The SMILES string of the molecule is CCc1c/c(=N/NC(=O)Nc2ccccc2)oc2cc3c(cc12)CCC1(CCCCC1)O3. The molecule has 0 bridgehead atoms. The van der Waals surface area contributed by atoms with E-state index in [9.17, 15) is 4.79 Å². The van der Waals surface area contributed by atoms with Crippen LogP contribution in [0.4, 0.5) is 10.5 Å². The zero-order valence-corrected chi connectivity index (χ0v) is 18.4. The quantitative estimate of drug-likeness (QED) is 0.525. The fraction of sp³-hybridized carbons (Fsp3) is 0.385. The number of rotatable bonds is 3. The number of hydrogen-bond donors (Lipinski definition) is 2. The Balaban J connectivity index is 1.43. The Morgan fingerprint density at radius 2 is 1.88 bits per heavy atom. The maximum atomic E-state index is 12.2. The minimum Gasteiger partial charge on any atom is -0.487 e. The van der Waals surface area contributed by atoms with Crippen LogP contribution in [0, 0.1) is 0 Å². The molecule has 2 aromatic carbocycles. The van der Waals surface area contributed by atoms with Gasteiger partial charge in [0.25, 0.3) is 0 Å². The first kappa shape index (κ1) is 20.6. The lowest BCUT2D eigenvalue weighted by molar-refractivity contribution is 0.0109. The normalized spacial score (nSPS) is 17.6. The van der Waals surface area contributed by atoms with E-state index in [1.807, 2.05) is 42.5 Å². The number of para-hydroxylation sites is 1. The second-order valence-electron chi connectivity index (χ2n) is 8.81. The standard InChI is InChI=1S/C26H29N3O3/c1-2-18-16-24(28-29-25(30)27-20-9-5-3-6-10-20)31-23-17-22-19(15-21(18)23)11-14-26(32-22)12-7-4-8-13-26/h3,5-6,9-10,15-17H,2,4,7-8,11-14H2,1H3,(H2,27,29,30)/b28-24-. The van der Waals surface area contributed by atoms with Crippen LogP contribution in [0.3, 0.4) is 0 Å². The van der Waals surface area contributed by atoms with E-state index in [1.54, 1.807) is 0 Å². The number of fused-ring (bicyclic) bond motifs is 2. The number of carbonyl (C=O) groups is 1. The lowest BCUT2D eigenvalue weighted by Crippen LogP contribution is -2.41. The number of nitrogens with one attached hydrogen (secondary N) is 2. The minimum atomic E-state index is -0.419. The highest BCUT2D eigenvalue weighted by Gasteiger charge is 2.37. The summed E-state index contributed by atoms with van der Waals surface area (Å²) in [5, 5.41) is 8.02. The molecule has 32 heavy (non-hydrogen) atoms. The summed E-state index contributed by atoms with van der Waals surface area (Å²) in [6.45, 7) is 2.11. The molecular formula is C26H29N3O3. The molecule has 166 valence electrons. The van der Waals surface area contributed by atoms with Crippen LogP contribution in [0.2, 0.25) is 0 Å². The number of urea groups is 1. The summed E-state index contributed by atoms with van der Waals surface area (Å²) in [6, 6.07) is 14.9. The van der Waals surface area contributed by atoms with Crippen LogP contribution in [0.15, 0.2) is 58.0 Å². The van der Waals surface area contributed by atoms with Crippen molar-refractivity contribution in [2.75, 3.05) is 5.32 Å². The van der Waals surface area contributed by atoms with Crippen LogP contribution in [-0.2, 0) is 12.8 Å². The number of nitrogens with zero attached hydrogens (tertiary/aromatic N) is 1. The summed E-state index contributed by atoms with van der Waals surface area (Å²) in [4.78, 5) is 12.2. The van der Waals surface area contributed by atoms with Crippen molar-refractivity contribution in [2.45, 2.75) is 63.9 Å². The topological polar surface area (TPSA) is 75.9 Å². The number of anilines is 1. The van der Waals surface area contributed by atoms with E-state index in [0.29, 0.717) is 11.2 Å². The van der Waals surface area contributed by atoms with E-state index < -0.39 is 6.03 Å². The third-order valence-electron chi connectivity index (χ3n) is 6.64. The van der Waals surface area contributed by atoms with Gasteiger partial charge in [-0.05, 0) is 74.3 Å². The van der Waals surface area contributed by atoms with Crippen molar-refractivity contribution in [1.29, 1.82) is 0 Å². The summed E-state index contributed by atoms with van der Waals surface area (Å²) in [5.74, 6) is 0.934. The van der Waals surface area contributed by atoms with Crippen molar-refractivity contribution in [3.8, 4) is 5.75 Å². The number of aryl methyl sites for hydroxylation is 2. The predicted molar refractivity (Wildman–Crippen MR) is 125 cm³/mol. The molecule has 1 aromatic heterocycles. The van der Waals surface area contributed by atoms with Crippen LogP contribution in [0.25, 0.3) is 11.0 Å². The molecule has 0 unspecified atom stereocenters. The highest BCUT2D eigenvalue weighted by Crippen LogP contribution is 2.43. The van der Waals surface area contributed by atoms with Crippen LogP contribution in [0.1, 0.15) is 56.6 Å². The van der Waals surface area contributed by atoms with Gasteiger partial charge in [-0.1, -0.05) is 31.5 Å². The van der Waals surface area contributed by atoms with Crippen molar-refractivity contribution < 1.29 is 13.9 Å². The third kappa shape index (κ3) is 4.22. The molecule has 1 spiro atoms. The molecule has 2 N–H and O–H groups in total. The fourth-order valence-corrected chi connectivity index (χ4v) is 4.93. The Bertz CT molecular complexity index is 1190. The van der Waals surface area contributed by atoms with E-state index in [0.717, 1.165) is 54.4 Å². The molecule has 6 nitrogen and oxygen atoms in total. The number of benzene rings is 2. The summed E-state index contributed by atoms with van der Waals surface area (Å²) >= 11 is 0. The fourth-order valence-electron chi connectivity index (χ4n) is 4.93. The van der Waals surface area contributed by atoms with Crippen molar-refractivity contribution in [3.05, 3.63) is 65.2 Å². The van der Waals surface area contributed by atoms with Crippen LogP contribution in [0.5, 0.6) is 5.75 Å². The van der Waals surface area contributed by atoms with Crippen molar-refractivity contribution in [3.63, 3.8) is 0 Å². The van der Waals surface area contributed by atoms with E-state index in [1.165, 1.54) is 24.8 Å². The predicted octanol–water partition coefficient (Wildman–Crippen LogP) is 5.66. The molecule has 6 heteroatoms. The number of ether oxygens (including phenoxy) is 1. The van der Waals surface area contributed by atoms with Gasteiger partial charge in [-0.25, -0.2) is 10.2 Å². The molecule has 3 aromatic rings. The maximum Gasteiger partial charge on any atom is 0.339 e. The zero-order valence-electron chi connectivity index (χ0n) is 18.4. The molecule has 1 aliphatic carbocycles. The van der Waals surface area contributed by atoms with Crippen molar-refractivity contribution >= 4 is 22.7 Å². The highest BCUT2D eigenvalue weighted by molar-refractivity contribution is 5.88. The first-order valence-electron chi connectivity index (χ1n) is 11.6. The molecular weight excluding hydrogens is 402 g/mol. The van der Waals surface area contributed by atoms with E-state index in [2.05, 4.69) is 28.8 Å². The Morgan fingerprint density at radius 1 is 1.06 bits per heavy atom. The Hall–Kier alpha value is -3.28. The van der Waals surface area contributed by atoms with Gasteiger partial charge in [-0.3, -0.25) is 0 Å². The van der Waals surface area contributed by atoms with E-state index in [-0.39, 0.29) is 5.60 Å². The van der Waals surface area contributed by atoms with Gasteiger partial charge in [-0.2, -0.15) is 0 Å². The van der Waals surface area contributed by atoms with Crippen molar-refractivity contribution in [2.24, 2.45) is 5.10 Å². The summed E-state index contributed by atoms with van der Waals surface area (Å²) in [5.41, 5.74) is 6.70. The molecule has 5 rings (SSSR count). The summed E-state index contributed by atoms with van der Waals surface area (Å²) in [7, 11) is 0. The minimum absolute atomic E-state index is 0.00835.